The molecule has 144 valence electrons. The highest BCUT2D eigenvalue weighted by molar-refractivity contribution is 5.92. The molecule has 2 atom stereocenters. The lowest BCUT2D eigenvalue weighted by atomic mass is 9.98. The van der Waals surface area contributed by atoms with Crippen molar-refractivity contribution in [2.24, 2.45) is 0 Å². The molecule has 4 nitrogen and oxygen atoms in total. The minimum Gasteiger partial charge on any atom is -0.394 e. The van der Waals surface area contributed by atoms with Crippen molar-refractivity contribution >= 4 is 22.8 Å². The third-order valence-electron chi connectivity index (χ3n) is 4.38. The van der Waals surface area contributed by atoms with Crippen LogP contribution in [0.5, 0.6) is 0 Å². The Morgan fingerprint density at radius 3 is 2.50 bits per heavy atom. The van der Waals surface area contributed by atoms with Gasteiger partial charge in [-0.05, 0) is 40.6 Å². The number of aliphatic hydroxyl groups is 2. The fourth-order valence-electron chi connectivity index (χ4n) is 2.91. The fourth-order valence-corrected chi connectivity index (χ4v) is 2.91. The Balaban J connectivity index is 1.81. The van der Waals surface area contributed by atoms with Crippen molar-refractivity contribution in [3.8, 4) is 0 Å². The molecular weight excluding hydrogens is 364 g/mol. The van der Waals surface area contributed by atoms with Gasteiger partial charge >= 0.3 is 0 Å². The van der Waals surface area contributed by atoms with E-state index in [2.05, 4.69) is 5.32 Å². The van der Waals surface area contributed by atoms with Crippen LogP contribution in [-0.4, -0.2) is 28.8 Å². The van der Waals surface area contributed by atoms with E-state index in [0.717, 1.165) is 29.0 Å². The van der Waals surface area contributed by atoms with Gasteiger partial charge in [-0.2, -0.15) is 0 Å². The van der Waals surface area contributed by atoms with Gasteiger partial charge in [0.2, 0.25) is 5.91 Å². The number of benzene rings is 3. The van der Waals surface area contributed by atoms with Crippen molar-refractivity contribution in [1.29, 1.82) is 0 Å². The molecule has 0 saturated heterocycles. The van der Waals surface area contributed by atoms with Crippen molar-refractivity contribution in [1.82, 2.24) is 5.32 Å². The molecular formula is C22H19F2NO3. The predicted molar refractivity (Wildman–Crippen MR) is 103 cm³/mol. The van der Waals surface area contributed by atoms with E-state index in [-0.39, 0.29) is 5.56 Å². The number of hydrogen-bond acceptors (Lipinski definition) is 3. The maximum Gasteiger partial charge on any atom is 0.244 e. The summed E-state index contributed by atoms with van der Waals surface area (Å²) in [5, 5.41) is 24.1. The fraction of sp³-hybridized carbons (Fsp3) is 0.136. The summed E-state index contributed by atoms with van der Waals surface area (Å²) in [5.74, 6) is -2.08. The molecule has 0 spiro atoms. The average molecular weight is 383 g/mol. The van der Waals surface area contributed by atoms with Gasteiger partial charge in [0.05, 0.1) is 12.6 Å². The van der Waals surface area contributed by atoms with Crippen molar-refractivity contribution < 1.29 is 23.8 Å². The second-order valence-corrected chi connectivity index (χ2v) is 6.34. The summed E-state index contributed by atoms with van der Waals surface area (Å²) in [5.41, 5.74) is 0.677. The third kappa shape index (κ3) is 4.60. The molecule has 3 aromatic carbocycles. The minimum atomic E-state index is -1.22. The number of carbonyl (C=O) groups is 1. The number of carbonyl (C=O) groups excluding carboxylic acids is 1. The van der Waals surface area contributed by atoms with Gasteiger partial charge < -0.3 is 15.5 Å². The normalized spacial score (nSPS) is 13.6. The van der Waals surface area contributed by atoms with Crippen molar-refractivity contribution in [3.05, 3.63) is 89.5 Å². The zero-order chi connectivity index (χ0) is 20.1. The van der Waals surface area contributed by atoms with Crippen LogP contribution in [0.25, 0.3) is 16.8 Å². The van der Waals surface area contributed by atoms with Crippen LogP contribution in [-0.2, 0) is 4.79 Å². The molecule has 3 N–H and O–H groups in total. The molecule has 0 aliphatic heterocycles. The first-order valence-electron chi connectivity index (χ1n) is 8.69. The highest BCUT2D eigenvalue weighted by atomic mass is 19.1. The van der Waals surface area contributed by atoms with Gasteiger partial charge in [0.15, 0.2) is 0 Å². The van der Waals surface area contributed by atoms with E-state index in [4.69, 9.17) is 0 Å². The van der Waals surface area contributed by atoms with Gasteiger partial charge in [-0.15, -0.1) is 0 Å². The number of nitrogens with one attached hydrogen (secondary N) is 1. The van der Waals surface area contributed by atoms with Crippen LogP contribution in [0.15, 0.2) is 66.7 Å². The predicted octanol–water partition coefficient (Wildman–Crippen LogP) is 3.34. The smallest absolute Gasteiger partial charge is 0.244 e. The van der Waals surface area contributed by atoms with Gasteiger partial charge in [0, 0.05) is 17.7 Å². The summed E-state index contributed by atoms with van der Waals surface area (Å²) in [4.78, 5) is 12.3. The van der Waals surface area contributed by atoms with Crippen LogP contribution in [0.2, 0.25) is 0 Å². The number of aliphatic hydroxyl groups excluding tert-OH is 2. The summed E-state index contributed by atoms with van der Waals surface area (Å²) < 4.78 is 26.6. The molecule has 3 aromatic rings. The second kappa shape index (κ2) is 8.73. The quantitative estimate of drug-likeness (QED) is 0.572. The highest BCUT2D eigenvalue weighted by Crippen LogP contribution is 2.23. The van der Waals surface area contributed by atoms with E-state index in [1.54, 1.807) is 6.07 Å². The Hall–Kier alpha value is -3.09. The minimum absolute atomic E-state index is 0.0570. The molecule has 6 heteroatoms. The lowest BCUT2D eigenvalue weighted by Gasteiger charge is -2.23. The third-order valence-corrected chi connectivity index (χ3v) is 4.38. The van der Waals surface area contributed by atoms with Crippen LogP contribution < -0.4 is 5.32 Å². The second-order valence-electron chi connectivity index (χ2n) is 6.34. The topological polar surface area (TPSA) is 69.6 Å². The summed E-state index contributed by atoms with van der Waals surface area (Å²) >= 11 is 0. The molecule has 0 heterocycles. The molecule has 0 bridgehead atoms. The first kappa shape index (κ1) is 19.7. The van der Waals surface area contributed by atoms with Gasteiger partial charge in [-0.1, -0.05) is 36.4 Å². The van der Waals surface area contributed by atoms with Crippen molar-refractivity contribution in [2.45, 2.75) is 12.1 Å². The zero-order valence-corrected chi connectivity index (χ0v) is 14.8. The van der Waals surface area contributed by atoms with Crippen LogP contribution in [0.4, 0.5) is 8.78 Å². The summed E-state index contributed by atoms with van der Waals surface area (Å²) in [6, 6.07) is 15.2. The molecule has 0 aliphatic rings. The van der Waals surface area contributed by atoms with Gasteiger partial charge in [0.25, 0.3) is 0 Å². The molecule has 1 amide bonds. The molecule has 0 aromatic heterocycles. The Morgan fingerprint density at radius 2 is 1.79 bits per heavy atom. The first-order valence-corrected chi connectivity index (χ1v) is 8.69. The van der Waals surface area contributed by atoms with E-state index in [1.165, 1.54) is 12.1 Å². The Labute approximate surface area is 160 Å². The number of hydrogen-bond donors (Lipinski definition) is 3. The maximum absolute atomic E-state index is 13.7. The molecule has 28 heavy (non-hydrogen) atoms. The Bertz CT molecular complexity index is 1020. The molecule has 0 saturated carbocycles. The number of halogens is 2. The van der Waals surface area contributed by atoms with E-state index >= 15 is 0 Å². The van der Waals surface area contributed by atoms with E-state index in [9.17, 15) is 23.8 Å². The number of rotatable bonds is 6. The zero-order valence-electron chi connectivity index (χ0n) is 14.8. The van der Waals surface area contributed by atoms with Gasteiger partial charge in [-0.25, -0.2) is 8.78 Å². The Kier molecular flexibility index (Phi) is 6.13. The molecule has 0 fully saturated rings. The molecule has 0 unspecified atom stereocenters. The SMILES string of the molecule is O=C(/C=C/c1ccc(F)cc1F)N[C@H](c1ccc2ccccc2c1)[C@H](O)CO. The largest absolute Gasteiger partial charge is 0.394 e. The van der Waals surface area contributed by atoms with Crippen LogP contribution in [0.1, 0.15) is 17.2 Å². The molecule has 0 aliphatic carbocycles. The van der Waals surface area contributed by atoms with Crippen molar-refractivity contribution in [3.63, 3.8) is 0 Å². The lowest BCUT2D eigenvalue weighted by Crippen LogP contribution is -2.37. The van der Waals surface area contributed by atoms with E-state index < -0.39 is 36.3 Å². The van der Waals surface area contributed by atoms with E-state index in [1.807, 2.05) is 36.4 Å². The molecule has 3 rings (SSSR count). The lowest BCUT2D eigenvalue weighted by molar-refractivity contribution is -0.118. The van der Waals surface area contributed by atoms with Crippen molar-refractivity contribution in [2.75, 3.05) is 6.61 Å². The highest BCUT2D eigenvalue weighted by Gasteiger charge is 2.22. The number of fused-ring (bicyclic) bond motifs is 1. The monoisotopic (exact) mass is 383 g/mol. The Morgan fingerprint density at radius 1 is 1.04 bits per heavy atom. The van der Waals surface area contributed by atoms with Crippen LogP contribution in [0.3, 0.4) is 0 Å². The number of amides is 1. The summed E-state index contributed by atoms with van der Waals surface area (Å²) in [6.07, 6.45) is 1.09. The van der Waals surface area contributed by atoms with Crippen LogP contribution in [0, 0.1) is 11.6 Å². The first-order chi connectivity index (χ1) is 13.5. The van der Waals surface area contributed by atoms with Gasteiger partial charge in [-0.3, -0.25) is 4.79 Å². The molecule has 0 radical (unpaired) electrons. The van der Waals surface area contributed by atoms with E-state index in [0.29, 0.717) is 5.56 Å². The average Bonchev–Trinajstić information content (AvgIpc) is 2.70. The summed E-state index contributed by atoms with van der Waals surface area (Å²) in [7, 11) is 0. The van der Waals surface area contributed by atoms with Crippen LogP contribution >= 0.6 is 0 Å². The standard InChI is InChI=1S/C22H19F2NO3/c23-18-9-7-15(19(24)12-18)8-10-21(28)25-22(20(27)13-26)17-6-5-14-3-1-2-4-16(14)11-17/h1-12,20,22,26-27H,13H2,(H,25,28)/b10-8+/t20-,22-/m1/s1. The maximum atomic E-state index is 13.7. The van der Waals surface area contributed by atoms with Gasteiger partial charge in [0.1, 0.15) is 17.7 Å². The summed E-state index contributed by atoms with van der Waals surface area (Å²) in [6.45, 7) is -0.548.